The second-order valence-electron chi connectivity index (χ2n) is 5.03. The molecule has 0 radical (unpaired) electrons. The standard InChI is InChI=1S/C13H23N3OS/c1-10-13(11(2)16(14-10)5-6-17)8-15(3)12-4-7-18-9-12/h12,17H,4-9H2,1-3H3. The number of rotatable bonds is 5. The van der Waals surface area contributed by atoms with Gasteiger partial charge in [-0.25, -0.2) is 0 Å². The van der Waals surface area contributed by atoms with Crippen molar-refractivity contribution in [1.29, 1.82) is 0 Å². The van der Waals surface area contributed by atoms with E-state index in [4.69, 9.17) is 5.11 Å². The molecule has 1 saturated heterocycles. The van der Waals surface area contributed by atoms with E-state index in [1.165, 1.54) is 29.2 Å². The van der Waals surface area contributed by atoms with Crippen molar-refractivity contribution in [3.8, 4) is 0 Å². The average Bonchev–Trinajstić information content (AvgIpc) is 2.94. The van der Waals surface area contributed by atoms with Crippen molar-refractivity contribution < 1.29 is 5.11 Å². The summed E-state index contributed by atoms with van der Waals surface area (Å²) in [5.74, 6) is 2.54. The molecule has 2 heterocycles. The summed E-state index contributed by atoms with van der Waals surface area (Å²) in [6, 6.07) is 0.704. The third-order valence-corrected chi connectivity index (χ3v) is 4.92. The normalized spacial score (nSPS) is 19.9. The first-order valence-electron chi connectivity index (χ1n) is 6.55. The van der Waals surface area contributed by atoms with E-state index in [0.717, 1.165) is 12.2 Å². The lowest BCUT2D eigenvalue weighted by Crippen LogP contribution is -2.31. The summed E-state index contributed by atoms with van der Waals surface area (Å²) in [6.45, 7) is 5.87. The fourth-order valence-electron chi connectivity index (χ4n) is 2.52. The second kappa shape index (κ2) is 6.08. The number of nitrogens with zero attached hydrogens (tertiary/aromatic N) is 3. The van der Waals surface area contributed by atoms with Crippen LogP contribution in [0.25, 0.3) is 0 Å². The Morgan fingerprint density at radius 2 is 2.28 bits per heavy atom. The van der Waals surface area contributed by atoms with Crippen LogP contribution in [0.3, 0.4) is 0 Å². The summed E-state index contributed by atoms with van der Waals surface area (Å²) in [5, 5.41) is 13.5. The molecule has 0 aliphatic carbocycles. The third kappa shape index (κ3) is 2.90. The lowest BCUT2D eigenvalue weighted by Gasteiger charge is -2.23. The molecule has 1 aliphatic rings. The van der Waals surface area contributed by atoms with E-state index < -0.39 is 0 Å². The Bertz CT molecular complexity index is 399. The van der Waals surface area contributed by atoms with Crippen molar-refractivity contribution in [3.05, 3.63) is 17.0 Å². The number of hydrogen-bond acceptors (Lipinski definition) is 4. The molecule has 0 bridgehead atoms. The minimum Gasteiger partial charge on any atom is -0.394 e. The Labute approximate surface area is 113 Å². The van der Waals surface area contributed by atoms with Gasteiger partial charge in [0, 0.05) is 29.6 Å². The maximum atomic E-state index is 9.02. The summed E-state index contributed by atoms with van der Waals surface area (Å²) in [6.07, 6.45) is 1.30. The van der Waals surface area contributed by atoms with Crippen LogP contribution in [0.4, 0.5) is 0 Å². The second-order valence-corrected chi connectivity index (χ2v) is 6.18. The zero-order chi connectivity index (χ0) is 13.1. The highest BCUT2D eigenvalue weighted by Gasteiger charge is 2.22. The molecular weight excluding hydrogens is 246 g/mol. The number of hydrogen-bond donors (Lipinski definition) is 1. The lowest BCUT2D eigenvalue weighted by atomic mass is 10.1. The van der Waals surface area contributed by atoms with Crippen LogP contribution < -0.4 is 0 Å². The molecule has 4 nitrogen and oxygen atoms in total. The van der Waals surface area contributed by atoms with Gasteiger partial charge in [0.05, 0.1) is 18.8 Å². The minimum absolute atomic E-state index is 0.149. The average molecular weight is 269 g/mol. The fraction of sp³-hybridized carbons (Fsp3) is 0.769. The molecule has 0 aromatic carbocycles. The molecule has 18 heavy (non-hydrogen) atoms. The highest BCUT2D eigenvalue weighted by atomic mass is 32.2. The fourth-order valence-corrected chi connectivity index (χ4v) is 3.82. The largest absolute Gasteiger partial charge is 0.394 e. The van der Waals surface area contributed by atoms with E-state index in [9.17, 15) is 0 Å². The van der Waals surface area contributed by atoms with E-state index >= 15 is 0 Å². The summed E-state index contributed by atoms with van der Waals surface area (Å²) >= 11 is 2.05. The van der Waals surface area contributed by atoms with Crippen LogP contribution in [0.2, 0.25) is 0 Å². The van der Waals surface area contributed by atoms with Crippen molar-refractivity contribution >= 4 is 11.8 Å². The van der Waals surface area contributed by atoms with Crippen LogP contribution >= 0.6 is 11.8 Å². The molecule has 1 unspecified atom stereocenters. The quantitative estimate of drug-likeness (QED) is 0.878. The van der Waals surface area contributed by atoms with Gasteiger partial charge in [-0.3, -0.25) is 9.58 Å². The number of aliphatic hydroxyl groups excluding tert-OH is 1. The van der Waals surface area contributed by atoms with Crippen LogP contribution in [-0.2, 0) is 13.1 Å². The van der Waals surface area contributed by atoms with Gasteiger partial charge in [0.1, 0.15) is 0 Å². The van der Waals surface area contributed by atoms with Gasteiger partial charge in [-0.15, -0.1) is 0 Å². The zero-order valence-electron chi connectivity index (χ0n) is 11.5. The van der Waals surface area contributed by atoms with Crippen LogP contribution in [0.1, 0.15) is 23.4 Å². The monoisotopic (exact) mass is 269 g/mol. The van der Waals surface area contributed by atoms with Crippen LogP contribution in [0, 0.1) is 13.8 Å². The van der Waals surface area contributed by atoms with Gasteiger partial charge in [-0.2, -0.15) is 16.9 Å². The maximum absolute atomic E-state index is 9.02. The predicted octanol–water partition coefficient (Wildman–Crippen LogP) is 1.43. The molecule has 1 aliphatic heterocycles. The van der Waals surface area contributed by atoms with E-state index in [1.807, 2.05) is 16.4 Å². The molecule has 1 N–H and O–H groups in total. The van der Waals surface area contributed by atoms with Crippen molar-refractivity contribution in [3.63, 3.8) is 0 Å². The van der Waals surface area contributed by atoms with E-state index in [1.54, 1.807) is 0 Å². The van der Waals surface area contributed by atoms with Gasteiger partial charge in [0.2, 0.25) is 0 Å². The Balaban J connectivity index is 2.08. The summed E-state index contributed by atoms with van der Waals surface area (Å²) in [5.41, 5.74) is 3.61. The third-order valence-electron chi connectivity index (χ3n) is 3.78. The summed E-state index contributed by atoms with van der Waals surface area (Å²) in [4.78, 5) is 2.44. The van der Waals surface area contributed by atoms with Crippen molar-refractivity contribution in [1.82, 2.24) is 14.7 Å². The molecule has 1 aromatic heterocycles. The SMILES string of the molecule is Cc1nn(CCO)c(C)c1CN(C)C1CCSC1. The molecule has 2 rings (SSSR count). The van der Waals surface area contributed by atoms with Gasteiger partial charge in [0.25, 0.3) is 0 Å². The van der Waals surface area contributed by atoms with E-state index in [-0.39, 0.29) is 6.61 Å². The van der Waals surface area contributed by atoms with Gasteiger partial charge in [-0.1, -0.05) is 0 Å². The topological polar surface area (TPSA) is 41.3 Å². The first-order chi connectivity index (χ1) is 8.63. The van der Waals surface area contributed by atoms with E-state index in [0.29, 0.717) is 12.6 Å². The summed E-state index contributed by atoms with van der Waals surface area (Å²) in [7, 11) is 2.21. The highest BCUT2D eigenvalue weighted by molar-refractivity contribution is 7.99. The Morgan fingerprint density at radius 1 is 1.50 bits per heavy atom. The molecule has 0 saturated carbocycles. The van der Waals surface area contributed by atoms with Crippen molar-refractivity contribution in [2.75, 3.05) is 25.2 Å². The number of thioether (sulfide) groups is 1. The molecule has 5 heteroatoms. The number of aliphatic hydroxyl groups is 1. The molecule has 0 amide bonds. The molecule has 1 aromatic rings. The van der Waals surface area contributed by atoms with Crippen molar-refractivity contribution in [2.45, 2.75) is 39.4 Å². The molecule has 0 spiro atoms. The first-order valence-corrected chi connectivity index (χ1v) is 7.70. The Morgan fingerprint density at radius 3 is 2.89 bits per heavy atom. The molecular formula is C13H23N3OS. The van der Waals surface area contributed by atoms with Crippen LogP contribution in [0.5, 0.6) is 0 Å². The van der Waals surface area contributed by atoms with E-state index in [2.05, 4.69) is 30.9 Å². The predicted molar refractivity (Wildman–Crippen MR) is 76.0 cm³/mol. The highest BCUT2D eigenvalue weighted by Crippen LogP contribution is 2.24. The van der Waals surface area contributed by atoms with Gasteiger partial charge < -0.3 is 5.11 Å². The van der Waals surface area contributed by atoms with Gasteiger partial charge >= 0.3 is 0 Å². The number of aromatic nitrogens is 2. The first kappa shape index (κ1) is 13.9. The minimum atomic E-state index is 0.149. The summed E-state index contributed by atoms with van der Waals surface area (Å²) < 4.78 is 1.92. The van der Waals surface area contributed by atoms with Crippen LogP contribution in [0.15, 0.2) is 0 Å². The molecule has 102 valence electrons. The lowest BCUT2D eigenvalue weighted by molar-refractivity contribution is 0.252. The zero-order valence-corrected chi connectivity index (χ0v) is 12.3. The smallest absolute Gasteiger partial charge is 0.0644 e. The molecule has 1 atom stereocenters. The van der Waals surface area contributed by atoms with Gasteiger partial charge in [-0.05, 0) is 33.1 Å². The molecule has 1 fully saturated rings. The maximum Gasteiger partial charge on any atom is 0.0644 e. The van der Waals surface area contributed by atoms with Crippen LogP contribution in [-0.4, -0.2) is 51.0 Å². The van der Waals surface area contributed by atoms with Gasteiger partial charge in [0.15, 0.2) is 0 Å². The van der Waals surface area contributed by atoms with Crippen molar-refractivity contribution in [2.24, 2.45) is 0 Å². The number of aryl methyl sites for hydroxylation is 1. The Kier molecular flexibility index (Phi) is 4.70. The Hall–Kier alpha value is -0.520.